The van der Waals surface area contributed by atoms with Crippen molar-refractivity contribution < 1.29 is 9.18 Å². The number of carbonyl (C=O) groups excluding carboxylic acids is 1. The van der Waals surface area contributed by atoms with E-state index in [-0.39, 0.29) is 5.82 Å². The van der Waals surface area contributed by atoms with Gasteiger partial charge < -0.3 is 11.5 Å². The number of carbonyl (C=O) groups is 1. The average Bonchev–Trinajstić information content (AvgIpc) is 2.39. The summed E-state index contributed by atoms with van der Waals surface area (Å²) in [6.07, 6.45) is 3.16. The normalized spacial score (nSPS) is 10.4. The molecule has 1 aromatic heterocycles. The fraction of sp³-hybridized carbons (Fsp3) is 0.0769. The molecule has 0 aliphatic heterocycles. The summed E-state index contributed by atoms with van der Waals surface area (Å²) < 4.78 is 13.6. The van der Waals surface area contributed by atoms with E-state index in [1.54, 1.807) is 18.5 Å². The van der Waals surface area contributed by atoms with Gasteiger partial charge in [-0.25, -0.2) is 4.39 Å². The minimum Gasteiger partial charge on any atom is -0.397 e. The molecule has 1 amide bonds. The Morgan fingerprint density at radius 3 is 2.84 bits per heavy atom. The summed E-state index contributed by atoms with van der Waals surface area (Å²) in [5.41, 5.74) is 12.2. The smallest absolute Gasteiger partial charge is 0.248 e. The van der Waals surface area contributed by atoms with Gasteiger partial charge in [0.2, 0.25) is 5.91 Å². The van der Waals surface area contributed by atoms with Gasteiger partial charge >= 0.3 is 0 Å². The van der Waals surface area contributed by atoms with E-state index >= 15 is 0 Å². The summed E-state index contributed by atoms with van der Waals surface area (Å²) in [6, 6.07) is 5.83. The lowest BCUT2D eigenvalue weighted by Crippen LogP contribution is -2.11. The molecule has 19 heavy (non-hydrogen) atoms. The number of aromatic nitrogens is 1. The number of nitrogens with two attached hydrogens (primary N) is 2. The highest BCUT2D eigenvalue weighted by molar-refractivity contribution is 7.98. The first-order chi connectivity index (χ1) is 9.08. The monoisotopic (exact) mass is 277 g/mol. The zero-order valence-corrected chi connectivity index (χ0v) is 10.8. The molecule has 0 spiro atoms. The zero-order chi connectivity index (χ0) is 13.8. The van der Waals surface area contributed by atoms with Gasteiger partial charge in [-0.05, 0) is 29.8 Å². The Balaban J connectivity index is 2.17. The number of benzene rings is 1. The number of amides is 1. The molecule has 6 heteroatoms. The largest absolute Gasteiger partial charge is 0.397 e. The molecule has 0 aliphatic carbocycles. The van der Waals surface area contributed by atoms with Crippen LogP contribution < -0.4 is 11.5 Å². The van der Waals surface area contributed by atoms with Crippen molar-refractivity contribution in [1.82, 2.24) is 4.98 Å². The van der Waals surface area contributed by atoms with Crippen LogP contribution in [0.5, 0.6) is 0 Å². The van der Waals surface area contributed by atoms with Crippen LogP contribution in [-0.2, 0) is 5.75 Å². The maximum Gasteiger partial charge on any atom is 0.248 e. The maximum atomic E-state index is 13.6. The highest BCUT2D eigenvalue weighted by Crippen LogP contribution is 2.28. The number of hydrogen-bond acceptors (Lipinski definition) is 4. The molecule has 0 atom stereocenters. The number of rotatable bonds is 4. The first-order valence-corrected chi connectivity index (χ1v) is 6.47. The average molecular weight is 277 g/mol. The van der Waals surface area contributed by atoms with Crippen LogP contribution in [0.25, 0.3) is 0 Å². The number of primary amides is 1. The standard InChI is InChI=1S/C13H12FN3OS/c14-10-2-1-8(13(16)18)5-9(10)7-19-12-3-4-17-6-11(12)15/h1-6H,7,15H2,(H2,16,18). The first kappa shape index (κ1) is 13.4. The van der Waals surface area contributed by atoms with Crippen molar-refractivity contribution in [3.05, 3.63) is 53.6 Å². The molecule has 0 saturated heterocycles. The quantitative estimate of drug-likeness (QED) is 0.839. The predicted octanol–water partition coefficient (Wildman–Crippen LogP) is 2.19. The van der Waals surface area contributed by atoms with Gasteiger partial charge in [-0.2, -0.15) is 0 Å². The Labute approximate surface area is 114 Å². The molecule has 0 radical (unpaired) electrons. The van der Waals surface area contributed by atoms with Crippen molar-refractivity contribution >= 4 is 23.4 Å². The van der Waals surface area contributed by atoms with E-state index in [0.717, 1.165) is 4.90 Å². The second-order valence-corrected chi connectivity index (χ2v) is 4.89. The van der Waals surface area contributed by atoms with Gasteiger partial charge in [-0.15, -0.1) is 11.8 Å². The fourth-order valence-electron chi connectivity index (χ4n) is 1.52. The lowest BCUT2D eigenvalue weighted by molar-refractivity contribution is 0.1000. The predicted molar refractivity (Wildman–Crippen MR) is 73.1 cm³/mol. The first-order valence-electron chi connectivity index (χ1n) is 5.48. The van der Waals surface area contributed by atoms with E-state index < -0.39 is 5.91 Å². The van der Waals surface area contributed by atoms with Crippen LogP contribution in [0, 0.1) is 5.82 Å². The number of pyridine rings is 1. The second kappa shape index (κ2) is 5.71. The van der Waals surface area contributed by atoms with E-state index in [9.17, 15) is 9.18 Å². The molecule has 0 unspecified atom stereocenters. The van der Waals surface area contributed by atoms with E-state index in [1.165, 1.54) is 30.0 Å². The van der Waals surface area contributed by atoms with Gasteiger partial charge in [-0.3, -0.25) is 9.78 Å². The number of hydrogen-bond donors (Lipinski definition) is 2. The summed E-state index contributed by atoms with van der Waals surface area (Å²) in [7, 11) is 0. The number of nitrogens with zero attached hydrogens (tertiary/aromatic N) is 1. The summed E-state index contributed by atoms with van der Waals surface area (Å²) >= 11 is 1.38. The zero-order valence-electron chi connectivity index (χ0n) is 9.97. The Bertz CT molecular complexity index is 619. The van der Waals surface area contributed by atoms with Gasteiger partial charge in [-0.1, -0.05) is 0 Å². The minimum atomic E-state index is -0.574. The molecule has 4 N–H and O–H groups in total. The molecular weight excluding hydrogens is 265 g/mol. The van der Waals surface area contributed by atoms with Crippen LogP contribution in [0.2, 0.25) is 0 Å². The van der Waals surface area contributed by atoms with Gasteiger partial charge in [0.1, 0.15) is 5.82 Å². The summed E-state index contributed by atoms with van der Waals surface area (Å²) in [4.78, 5) is 15.8. The molecule has 2 aromatic rings. The van der Waals surface area contributed by atoms with E-state index in [1.807, 2.05) is 0 Å². The molecule has 0 aliphatic rings. The Hall–Kier alpha value is -2.08. The Morgan fingerprint density at radius 1 is 1.37 bits per heavy atom. The highest BCUT2D eigenvalue weighted by Gasteiger charge is 2.08. The number of anilines is 1. The number of nitrogen functional groups attached to an aromatic ring is 1. The second-order valence-electron chi connectivity index (χ2n) is 3.87. The molecule has 0 fully saturated rings. The molecule has 0 saturated carbocycles. The third kappa shape index (κ3) is 3.23. The van der Waals surface area contributed by atoms with Crippen molar-refractivity contribution in [3.8, 4) is 0 Å². The molecule has 1 heterocycles. The summed E-state index contributed by atoms with van der Waals surface area (Å²) in [6.45, 7) is 0. The maximum absolute atomic E-state index is 13.6. The number of halogens is 1. The third-order valence-corrected chi connectivity index (χ3v) is 3.66. The van der Waals surface area contributed by atoms with Gasteiger partial charge in [0.05, 0.1) is 11.9 Å². The van der Waals surface area contributed by atoms with Crippen molar-refractivity contribution in [2.45, 2.75) is 10.6 Å². The van der Waals surface area contributed by atoms with E-state index in [2.05, 4.69) is 4.98 Å². The topological polar surface area (TPSA) is 82.0 Å². The van der Waals surface area contributed by atoms with Crippen LogP contribution >= 0.6 is 11.8 Å². The minimum absolute atomic E-state index is 0.291. The van der Waals surface area contributed by atoms with Crippen LogP contribution in [0.3, 0.4) is 0 Å². The molecule has 2 rings (SSSR count). The van der Waals surface area contributed by atoms with Gasteiger partial charge in [0, 0.05) is 22.4 Å². The van der Waals surface area contributed by atoms with Gasteiger partial charge in [0.25, 0.3) is 0 Å². The molecule has 1 aromatic carbocycles. The van der Waals surface area contributed by atoms with Crippen LogP contribution in [0.4, 0.5) is 10.1 Å². The molecule has 98 valence electrons. The molecular formula is C13H12FN3OS. The van der Waals surface area contributed by atoms with E-state index in [0.29, 0.717) is 22.6 Å². The van der Waals surface area contributed by atoms with Crippen molar-refractivity contribution in [2.24, 2.45) is 5.73 Å². The van der Waals surface area contributed by atoms with Crippen molar-refractivity contribution in [3.63, 3.8) is 0 Å². The lowest BCUT2D eigenvalue weighted by Gasteiger charge is -2.06. The van der Waals surface area contributed by atoms with Crippen LogP contribution in [-0.4, -0.2) is 10.9 Å². The number of thioether (sulfide) groups is 1. The van der Waals surface area contributed by atoms with Gasteiger partial charge in [0.15, 0.2) is 0 Å². The molecule has 0 bridgehead atoms. The SMILES string of the molecule is NC(=O)c1ccc(F)c(CSc2ccncc2N)c1. The van der Waals surface area contributed by atoms with E-state index in [4.69, 9.17) is 11.5 Å². The summed E-state index contributed by atoms with van der Waals surface area (Å²) in [5.74, 6) is -0.582. The Kier molecular flexibility index (Phi) is 4.01. The third-order valence-electron chi connectivity index (χ3n) is 2.52. The Morgan fingerprint density at radius 2 is 2.16 bits per heavy atom. The highest BCUT2D eigenvalue weighted by atomic mass is 32.2. The fourth-order valence-corrected chi connectivity index (χ4v) is 2.43. The van der Waals surface area contributed by atoms with Crippen LogP contribution in [0.15, 0.2) is 41.6 Å². The van der Waals surface area contributed by atoms with Crippen molar-refractivity contribution in [2.75, 3.05) is 5.73 Å². The van der Waals surface area contributed by atoms with Crippen LogP contribution in [0.1, 0.15) is 15.9 Å². The lowest BCUT2D eigenvalue weighted by atomic mass is 10.1. The molecule has 4 nitrogen and oxygen atoms in total. The summed E-state index contributed by atoms with van der Waals surface area (Å²) in [5, 5.41) is 0. The van der Waals surface area contributed by atoms with Crippen molar-refractivity contribution in [1.29, 1.82) is 0 Å².